The molecule has 132 valence electrons. The van der Waals surface area contributed by atoms with Gasteiger partial charge in [-0.1, -0.05) is 12.1 Å². The molecule has 2 aromatic heterocycles. The van der Waals surface area contributed by atoms with E-state index in [0.717, 1.165) is 31.9 Å². The van der Waals surface area contributed by atoms with Gasteiger partial charge in [-0.3, -0.25) is 4.79 Å². The first-order valence-electron chi connectivity index (χ1n) is 8.30. The van der Waals surface area contributed by atoms with Crippen molar-refractivity contribution in [1.82, 2.24) is 14.5 Å². The van der Waals surface area contributed by atoms with Gasteiger partial charge in [0.2, 0.25) is 0 Å². The number of carbonyl (C=O) groups excluding carboxylic acids is 1. The molecule has 2 aromatic carbocycles. The SMILES string of the molecule is COc1ccc2c(c1)cc(C(=O)N(C)Cc1nc3ccccc3s1)n2C. The molecule has 0 aliphatic heterocycles. The third kappa shape index (κ3) is 2.82. The number of methoxy groups -OCH3 is 1. The van der Waals surface area contributed by atoms with Gasteiger partial charge in [0.05, 0.1) is 23.9 Å². The fraction of sp³-hybridized carbons (Fsp3) is 0.200. The first-order chi connectivity index (χ1) is 12.6. The summed E-state index contributed by atoms with van der Waals surface area (Å²) in [6.07, 6.45) is 0. The Balaban J connectivity index is 1.61. The number of aromatic nitrogens is 2. The summed E-state index contributed by atoms with van der Waals surface area (Å²) in [7, 11) is 5.36. The Morgan fingerprint density at radius 3 is 2.81 bits per heavy atom. The molecule has 4 rings (SSSR count). The van der Waals surface area contributed by atoms with Crippen molar-refractivity contribution in [2.45, 2.75) is 6.54 Å². The molecule has 0 fully saturated rings. The number of rotatable bonds is 4. The number of hydrogen-bond donors (Lipinski definition) is 0. The van der Waals surface area contributed by atoms with Crippen LogP contribution in [0.1, 0.15) is 15.5 Å². The molecule has 4 aromatic rings. The van der Waals surface area contributed by atoms with Crippen LogP contribution in [0, 0.1) is 0 Å². The highest BCUT2D eigenvalue weighted by Gasteiger charge is 2.19. The molecule has 0 bridgehead atoms. The number of benzene rings is 2. The van der Waals surface area contributed by atoms with Gasteiger partial charge < -0.3 is 14.2 Å². The molecule has 5 nitrogen and oxygen atoms in total. The Morgan fingerprint density at radius 1 is 1.23 bits per heavy atom. The normalized spacial score (nSPS) is 11.2. The summed E-state index contributed by atoms with van der Waals surface area (Å²) in [6.45, 7) is 0.489. The number of nitrogens with zero attached hydrogens (tertiary/aromatic N) is 3. The van der Waals surface area contributed by atoms with Crippen molar-refractivity contribution in [2.75, 3.05) is 14.2 Å². The summed E-state index contributed by atoms with van der Waals surface area (Å²) in [5.41, 5.74) is 2.63. The van der Waals surface area contributed by atoms with Gasteiger partial charge in [-0.05, 0) is 36.4 Å². The number of ether oxygens (including phenoxy) is 1. The minimum atomic E-state index is -0.0260. The van der Waals surface area contributed by atoms with Crippen molar-refractivity contribution in [3.8, 4) is 5.75 Å². The maximum absolute atomic E-state index is 13.0. The second-order valence-electron chi connectivity index (χ2n) is 6.25. The Kier molecular flexibility index (Phi) is 4.12. The summed E-state index contributed by atoms with van der Waals surface area (Å²) in [6, 6.07) is 15.8. The van der Waals surface area contributed by atoms with E-state index in [4.69, 9.17) is 4.74 Å². The first kappa shape index (κ1) is 16.6. The van der Waals surface area contributed by atoms with Crippen molar-refractivity contribution in [3.05, 3.63) is 59.2 Å². The summed E-state index contributed by atoms with van der Waals surface area (Å²) < 4.78 is 8.34. The average molecular weight is 365 g/mol. The Bertz CT molecular complexity index is 1080. The van der Waals surface area contributed by atoms with Crippen molar-refractivity contribution in [1.29, 1.82) is 0 Å². The molecule has 0 radical (unpaired) electrons. The second kappa shape index (κ2) is 6.46. The van der Waals surface area contributed by atoms with E-state index in [0.29, 0.717) is 12.2 Å². The lowest BCUT2D eigenvalue weighted by Gasteiger charge is -2.16. The van der Waals surface area contributed by atoms with Crippen LogP contribution in [0.25, 0.3) is 21.1 Å². The van der Waals surface area contributed by atoms with Crippen LogP contribution in [0.4, 0.5) is 0 Å². The minimum Gasteiger partial charge on any atom is -0.497 e. The van der Waals surface area contributed by atoms with Gasteiger partial charge in [-0.15, -0.1) is 11.3 Å². The molecule has 0 saturated carbocycles. The molecule has 0 N–H and O–H groups in total. The number of hydrogen-bond acceptors (Lipinski definition) is 4. The highest BCUT2D eigenvalue weighted by Crippen LogP contribution is 2.26. The molecule has 0 aliphatic rings. The number of amides is 1. The van der Waals surface area contributed by atoms with Crippen molar-refractivity contribution >= 4 is 38.4 Å². The van der Waals surface area contributed by atoms with Gasteiger partial charge in [0.1, 0.15) is 16.5 Å². The Labute approximate surface area is 155 Å². The summed E-state index contributed by atoms with van der Waals surface area (Å²) in [5, 5.41) is 1.92. The lowest BCUT2D eigenvalue weighted by Crippen LogP contribution is -2.27. The quantitative estimate of drug-likeness (QED) is 0.548. The largest absolute Gasteiger partial charge is 0.497 e. The van der Waals surface area contributed by atoms with Gasteiger partial charge >= 0.3 is 0 Å². The molecule has 0 saturated heterocycles. The maximum Gasteiger partial charge on any atom is 0.270 e. The third-order valence-corrected chi connectivity index (χ3v) is 5.55. The smallest absolute Gasteiger partial charge is 0.270 e. The van der Waals surface area contributed by atoms with E-state index in [2.05, 4.69) is 11.1 Å². The van der Waals surface area contributed by atoms with Crippen molar-refractivity contribution in [3.63, 3.8) is 0 Å². The molecular weight excluding hydrogens is 346 g/mol. The van der Waals surface area contributed by atoms with Crippen molar-refractivity contribution < 1.29 is 9.53 Å². The molecule has 1 amide bonds. The van der Waals surface area contributed by atoms with Gasteiger partial charge in [-0.2, -0.15) is 0 Å². The maximum atomic E-state index is 13.0. The lowest BCUT2D eigenvalue weighted by molar-refractivity contribution is 0.0776. The monoisotopic (exact) mass is 365 g/mol. The minimum absolute atomic E-state index is 0.0260. The first-order valence-corrected chi connectivity index (χ1v) is 9.12. The van der Waals surface area contributed by atoms with E-state index >= 15 is 0 Å². The van der Waals surface area contributed by atoms with E-state index in [9.17, 15) is 4.79 Å². The fourth-order valence-corrected chi connectivity index (χ4v) is 4.14. The summed E-state index contributed by atoms with van der Waals surface area (Å²) in [5.74, 6) is 0.756. The standard InChI is InChI=1S/C20H19N3O2S/c1-22(12-19-21-15-6-4-5-7-18(15)26-19)20(24)17-11-13-10-14(25-3)8-9-16(13)23(17)2/h4-11H,12H2,1-3H3. The van der Waals surface area contributed by atoms with E-state index in [-0.39, 0.29) is 5.91 Å². The van der Waals surface area contributed by atoms with Crippen LogP contribution in [0.5, 0.6) is 5.75 Å². The summed E-state index contributed by atoms with van der Waals surface area (Å²) >= 11 is 1.62. The summed E-state index contributed by atoms with van der Waals surface area (Å²) in [4.78, 5) is 19.3. The third-order valence-electron chi connectivity index (χ3n) is 4.53. The molecule has 0 atom stereocenters. The van der Waals surface area contributed by atoms with E-state index in [1.165, 1.54) is 0 Å². The van der Waals surface area contributed by atoms with E-state index in [1.54, 1.807) is 23.3 Å². The van der Waals surface area contributed by atoms with Gasteiger partial charge in [0, 0.05) is 25.0 Å². The average Bonchev–Trinajstić information content (AvgIpc) is 3.21. The van der Waals surface area contributed by atoms with Crippen LogP contribution < -0.4 is 4.74 Å². The molecule has 0 unspecified atom stereocenters. The highest BCUT2D eigenvalue weighted by atomic mass is 32.1. The number of fused-ring (bicyclic) bond motifs is 2. The number of para-hydroxylation sites is 1. The molecular formula is C20H19N3O2S. The van der Waals surface area contributed by atoms with Crippen LogP contribution in [0.15, 0.2) is 48.5 Å². The molecule has 0 spiro atoms. The van der Waals surface area contributed by atoms with E-state index < -0.39 is 0 Å². The predicted octanol–water partition coefficient (Wildman–Crippen LogP) is 4.07. The van der Waals surface area contributed by atoms with Gasteiger partial charge in [-0.25, -0.2) is 4.98 Å². The van der Waals surface area contributed by atoms with Crippen LogP contribution in [0.2, 0.25) is 0 Å². The fourth-order valence-electron chi connectivity index (χ4n) is 3.12. The second-order valence-corrected chi connectivity index (χ2v) is 7.37. The Morgan fingerprint density at radius 2 is 2.04 bits per heavy atom. The molecule has 6 heteroatoms. The predicted molar refractivity (Wildman–Crippen MR) is 105 cm³/mol. The van der Waals surface area contributed by atoms with Crippen molar-refractivity contribution in [2.24, 2.45) is 7.05 Å². The highest BCUT2D eigenvalue weighted by molar-refractivity contribution is 7.18. The lowest BCUT2D eigenvalue weighted by atomic mass is 10.2. The van der Waals surface area contributed by atoms with Gasteiger partial charge in [0.15, 0.2) is 0 Å². The zero-order chi connectivity index (χ0) is 18.3. The topological polar surface area (TPSA) is 47.4 Å². The zero-order valence-corrected chi connectivity index (χ0v) is 15.7. The molecule has 0 aliphatic carbocycles. The van der Waals surface area contributed by atoms with Gasteiger partial charge in [0.25, 0.3) is 5.91 Å². The zero-order valence-electron chi connectivity index (χ0n) is 14.9. The van der Waals surface area contributed by atoms with E-state index in [1.807, 2.05) is 61.1 Å². The molecule has 26 heavy (non-hydrogen) atoms. The van der Waals surface area contributed by atoms with Crippen LogP contribution in [-0.4, -0.2) is 34.5 Å². The number of thiazole rings is 1. The van der Waals surface area contributed by atoms with Crippen LogP contribution in [-0.2, 0) is 13.6 Å². The van der Waals surface area contributed by atoms with Crippen LogP contribution in [0.3, 0.4) is 0 Å². The molecule has 2 heterocycles. The number of carbonyl (C=O) groups is 1. The van der Waals surface area contributed by atoms with Crippen LogP contribution >= 0.6 is 11.3 Å². The Hall–Kier alpha value is -2.86. The number of aryl methyl sites for hydroxylation is 1.